The smallest absolute Gasteiger partial charge is 0.411 e. The van der Waals surface area contributed by atoms with Gasteiger partial charge in [0.2, 0.25) is 0 Å². The summed E-state index contributed by atoms with van der Waals surface area (Å²) in [4.78, 5) is 11.2. The summed E-state index contributed by atoms with van der Waals surface area (Å²) in [6, 6.07) is 0.362. The van der Waals surface area contributed by atoms with Crippen molar-refractivity contribution in [3.05, 3.63) is 12.4 Å². The average molecular weight is 239 g/mol. The number of nitrogens with one attached hydrogen (secondary N) is 1. The molecule has 6 nitrogen and oxygen atoms in total. The Balaban J connectivity index is 1.93. The Hall–Kier alpha value is -1.56. The quantitative estimate of drug-likeness (QED) is 0.873. The lowest BCUT2D eigenvalue weighted by Gasteiger charge is -2.22. The van der Waals surface area contributed by atoms with Crippen LogP contribution in [0.5, 0.6) is 0 Å². The first-order valence-corrected chi connectivity index (χ1v) is 5.85. The molecule has 1 aliphatic rings. The molecule has 94 valence electrons. The molecular formula is C11H17N3O3. The lowest BCUT2D eigenvalue weighted by Crippen LogP contribution is -2.19. The second kappa shape index (κ2) is 5.67. The third-order valence-corrected chi connectivity index (χ3v) is 2.69. The van der Waals surface area contributed by atoms with Crippen molar-refractivity contribution in [2.24, 2.45) is 0 Å². The minimum Gasteiger partial charge on any atom is -0.450 e. The lowest BCUT2D eigenvalue weighted by molar-refractivity contribution is 0.0662. The Labute approximate surface area is 99.9 Å². The van der Waals surface area contributed by atoms with Gasteiger partial charge in [0.15, 0.2) is 0 Å². The Morgan fingerprint density at radius 2 is 2.41 bits per heavy atom. The fourth-order valence-electron chi connectivity index (χ4n) is 1.84. The van der Waals surface area contributed by atoms with E-state index >= 15 is 0 Å². The second-order valence-electron chi connectivity index (χ2n) is 3.90. The first-order valence-electron chi connectivity index (χ1n) is 5.85. The summed E-state index contributed by atoms with van der Waals surface area (Å²) in [6.45, 7) is 3.67. The predicted molar refractivity (Wildman–Crippen MR) is 62.0 cm³/mol. The van der Waals surface area contributed by atoms with Crippen molar-refractivity contribution in [1.29, 1.82) is 0 Å². The highest BCUT2D eigenvalue weighted by Gasteiger charge is 2.16. The zero-order valence-electron chi connectivity index (χ0n) is 9.89. The molecule has 1 fully saturated rings. The van der Waals surface area contributed by atoms with Crippen molar-refractivity contribution >= 4 is 11.8 Å². The van der Waals surface area contributed by atoms with E-state index in [0.29, 0.717) is 18.3 Å². The molecule has 0 aromatic carbocycles. The maximum absolute atomic E-state index is 11.2. The van der Waals surface area contributed by atoms with E-state index in [0.717, 1.165) is 26.1 Å². The van der Waals surface area contributed by atoms with E-state index in [1.54, 1.807) is 13.1 Å². The van der Waals surface area contributed by atoms with Crippen molar-refractivity contribution in [1.82, 2.24) is 9.78 Å². The predicted octanol–water partition coefficient (Wildman–Crippen LogP) is 1.80. The number of aromatic nitrogens is 2. The highest BCUT2D eigenvalue weighted by Crippen LogP contribution is 2.21. The van der Waals surface area contributed by atoms with Gasteiger partial charge >= 0.3 is 6.09 Å². The number of amides is 1. The second-order valence-corrected chi connectivity index (χ2v) is 3.90. The molecule has 1 aliphatic heterocycles. The minimum absolute atomic E-state index is 0.361. The van der Waals surface area contributed by atoms with E-state index in [9.17, 15) is 4.79 Å². The normalized spacial score (nSPS) is 16.8. The van der Waals surface area contributed by atoms with Gasteiger partial charge in [-0.25, -0.2) is 4.79 Å². The number of hydrogen-bond donors (Lipinski definition) is 1. The van der Waals surface area contributed by atoms with Gasteiger partial charge in [0, 0.05) is 19.4 Å². The van der Waals surface area contributed by atoms with Gasteiger partial charge in [0.05, 0.1) is 24.5 Å². The molecule has 1 saturated heterocycles. The first kappa shape index (κ1) is 11.9. The molecule has 0 spiro atoms. The molecule has 0 atom stereocenters. The monoisotopic (exact) mass is 239 g/mol. The molecule has 0 radical (unpaired) electrons. The third-order valence-electron chi connectivity index (χ3n) is 2.69. The fourth-order valence-corrected chi connectivity index (χ4v) is 1.84. The summed E-state index contributed by atoms with van der Waals surface area (Å²) in [5, 5.41) is 6.87. The fraction of sp³-hybridized carbons (Fsp3) is 0.636. The van der Waals surface area contributed by atoms with Crippen molar-refractivity contribution in [2.75, 3.05) is 25.1 Å². The van der Waals surface area contributed by atoms with E-state index in [1.807, 2.05) is 10.9 Å². The highest BCUT2D eigenvalue weighted by molar-refractivity contribution is 5.84. The standard InChI is InChI=1S/C11H17N3O3/c1-2-17-11(15)13-9-7-12-14(8-9)10-3-5-16-6-4-10/h7-8,10H,2-6H2,1H3,(H,13,15). The van der Waals surface area contributed by atoms with Crippen molar-refractivity contribution in [3.8, 4) is 0 Å². The molecule has 1 amide bonds. The maximum atomic E-state index is 11.2. The van der Waals surface area contributed by atoms with Gasteiger partial charge in [-0.05, 0) is 19.8 Å². The van der Waals surface area contributed by atoms with Crippen LogP contribution in [0.25, 0.3) is 0 Å². The van der Waals surface area contributed by atoms with Gasteiger partial charge in [0.25, 0.3) is 0 Å². The third kappa shape index (κ3) is 3.20. The molecule has 0 unspecified atom stereocenters. The molecule has 1 aromatic rings. The zero-order chi connectivity index (χ0) is 12.1. The summed E-state index contributed by atoms with van der Waals surface area (Å²) in [5.41, 5.74) is 0.662. The maximum Gasteiger partial charge on any atom is 0.411 e. The largest absolute Gasteiger partial charge is 0.450 e. The van der Waals surface area contributed by atoms with Gasteiger partial charge in [-0.15, -0.1) is 0 Å². The van der Waals surface area contributed by atoms with E-state index < -0.39 is 6.09 Å². The van der Waals surface area contributed by atoms with Crippen LogP contribution < -0.4 is 5.32 Å². The van der Waals surface area contributed by atoms with Crippen LogP contribution in [-0.2, 0) is 9.47 Å². The van der Waals surface area contributed by atoms with Gasteiger partial charge in [0.1, 0.15) is 0 Å². The van der Waals surface area contributed by atoms with E-state index in [1.165, 1.54) is 0 Å². The molecule has 0 bridgehead atoms. The molecule has 1 aromatic heterocycles. The molecule has 6 heteroatoms. The molecule has 2 heterocycles. The number of nitrogens with zero attached hydrogens (tertiary/aromatic N) is 2. The van der Waals surface area contributed by atoms with Crippen LogP contribution in [0, 0.1) is 0 Å². The van der Waals surface area contributed by atoms with Crippen LogP contribution in [0.15, 0.2) is 12.4 Å². The summed E-state index contributed by atoms with van der Waals surface area (Å²) >= 11 is 0. The lowest BCUT2D eigenvalue weighted by atomic mass is 10.1. The van der Waals surface area contributed by atoms with Crippen LogP contribution in [0.1, 0.15) is 25.8 Å². The first-order chi connectivity index (χ1) is 8.29. The summed E-state index contributed by atoms with van der Waals surface area (Å²) < 4.78 is 12.0. The van der Waals surface area contributed by atoms with Crippen LogP contribution in [0.4, 0.5) is 10.5 Å². The van der Waals surface area contributed by atoms with Crippen LogP contribution in [0.3, 0.4) is 0 Å². The zero-order valence-corrected chi connectivity index (χ0v) is 9.89. The topological polar surface area (TPSA) is 65.4 Å². The van der Waals surface area contributed by atoms with Crippen molar-refractivity contribution < 1.29 is 14.3 Å². The number of carbonyl (C=O) groups excluding carboxylic acids is 1. The highest BCUT2D eigenvalue weighted by atomic mass is 16.5. The van der Waals surface area contributed by atoms with Crippen molar-refractivity contribution in [3.63, 3.8) is 0 Å². The van der Waals surface area contributed by atoms with Crippen molar-refractivity contribution in [2.45, 2.75) is 25.8 Å². The number of carbonyl (C=O) groups is 1. The van der Waals surface area contributed by atoms with E-state index in [-0.39, 0.29) is 0 Å². The van der Waals surface area contributed by atoms with Gasteiger partial charge in [-0.3, -0.25) is 10.00 Å². The Morgan fingerprint density at radius 1 is 1.65 bits per heavy atom. The number of rotatable bonds is 3. The molecular weight excluding hydrogens is 222 g/mol. The molecule has 2 rings (SSSR count). The van der Waals surface area contributed by atoms with E-state index in [2.05, 4.69) is 10.4 Å². The van der Waals surface area contributed by atoms with Crippen LogP contribution in [0.2, 0.25) is 0 Å². The summed E-state index contributed by atoms with van der Waals surface area (Å²) in [5.74, 6) is 0. The van der Waals surface area contributed by atoms with Gasteiger partial charge < -0.3 is 9.47 Å². The molecule has 17 heavy (non-hydrogen) atoms. The summed E-state index contributed by atoms with van der Waals surface area (Å²) in [7, 11) is 0. The number of hydrogen-bond acceptors (Lipinski definition) is 4. The Bertz CT molecular complexity index is 372. The van der Waals surface area contributed by atoms with Crippen LogP contribution in [-0.4, -0.2) is 35.7 Å². The minimum atomic E-state index is -0.445. The van der Waals surface area contributed by atoms with E-state index in [4.69, 9.17) is 9.47 Å². The van der Waals surface area contributed by atoms with Gasteiger partial charge in [-0.2, -0.15) is 5.10 Å². The average Bonchev–Trinajstić information content (AvgIpc) is 2.79. The summed E-state index contributed by atoms with van der Waals surface area (Å²) in [6.07, 6.45) is 4.93. The number of ether oxygens (including phenoxy) is 2. The Kier molecular flexibility index (Phi) is 3.98. The van der Waals surface area contributed by atoms with Crippen LogP contribution >= 0.6 is 0 Å². The molecule has 1 N–H and O–H groups in total. The van der Waals surface area contributed by atoms with Gasteiger partial charge in [-0.1, -0.05) is 0 Å². The molecule has 0 aliphatic carbocycles. The number of anilines is 1. The Morgan fingerprint density at radius 3 is 3.12 bits per heavy atom. The SMILES string of the molecule is CCOC(=O)Nc1cnn(C2CCOCC2)c1. The molecule has 0 saturated carbocycles.